The lowest BCUT2D eigenvalue weighted by molar-refractivity contribution is 0.415. The van der Waals surface area contributed by atoms with E-state index in [1.54, 1.807) is 18.9 Å². The van der Waals surface area contributed by atoms with Crippen molar-refractivity contribution >= 4 is 28.3 Å². The van der Waals surface area contributed by atoms with Gasteiger partial charge in [-0.05, 0) is 43.2 Å². The lowest BCUT2D eigenvalue weighted by Gasteiger charge is -2.09. The van der Waals surface area contributed by atoms with E-state index >= 15 is 0 Å². The summed E-state index contributed by atoms with van der Waals surface area (Å²) in [5, 5.41) is 10.9. The normalized spacial score (nSPS) is 11.3. The molecule has 0 saturated carbocycles. The van der Waals surface area contributed by atoms with Crippen LogP contribution in [0.3, 0.4) is 0 Å². The largest absolute Gasteiger partial charge is 0.497 e. The van der Waals surface area contributed by atoms with Crippen LogP contribution in [0.4, 0.5) is 0 Å². The fourth-order valence-electron chi connectivity index (χ4n) is 2.96. The quantitative estimate of drug-likeness (QED) is 0.496. The van der Waals surface area contributed by atoms with E-state index in [0.29, 0.717) is 0 Å². The number of ether oxygens (including phenoxy) is 1. The summed E-state index contributed by atoms with van der Waals surface area (Å²) in [4.78, 5) is 0. The SMILES string of the molecule is COc1ccc2c(C)cc3nnc(SCc4ccc(C)cc4)n3c2c1. The number of pyridine rings is 1. The number of methoxy groups -OCH3 is 1. The van der Waals surface area contributed by atoms with Gasteiger partial charge in [-0.2, -0.15) is 0 Å². The molecular weight excluding hydrogens is 330 g/mol. The molecule has 0 aliphatic rings. The molecule has 5 heteroatoms. The molecule has 0 bridgehead atoms. The summed E-state index contributed by atoms with van der Waals surface area (Å²) in [6.45, 7) is 4.20. The maximum Gasteiger partial charge on any atom is 0.196 e. The van der Waals surface area contributed by atoms with Crippen LogP contribution >= 0.6 is 11.8 Å². The minimum atomic E-state index is 0.836. The van der Waals surface area contributed by atoms with Crippen LogP contribution in [0.1, 0.15) is 16.7 Å². The summed E-state index contributed by atoms with van der Waals surface area (Å²) in [6.07, 6.45) is 0. The van der Waals surface area contributed by atoms with Gasteiger partial charge in [0.1, 0.15) is 5.75 Å². The Morgan fingerprint density at radius 1 is 1.00 bits per heavy atom. The van der Waals surface area contributed by atoms with Crippen molar-refractivity contribution in [3.8, 4) is 5.75 Å². The zero-order valence-corrected chi connectivity index (χ0v) is 15.3. The second-order valence-electron chi connectivity index (χ2n) is 6.16. The molecule has 4 rings (SSSR count). The highest BCUT2D eigenvalue weighted by Gasteiger charge is 2.12. The Balaban J connectivity index is 1.78. The van der Waals surface area contributed by atoms with Crippen molar-refractivity contribution < 1.29 is 4.74 Å². The van der Waals surface area contributed by atoms with E-state index in [1.165, 1.54) is 22.1 Å². The monoisotopic (exact) mass is 349 g/mol. The molecule has 0 spiro atoms. The fourth-order valence-corrected chi connectivity index (χ4v) is 3.86. The van der Waals surface area contributed by atoms with E-state index < -0.39 is 0 Å². The molecule has 0 fully saturated rings. The first-order valence-corrected chi connectivity index (χ1v) is 9.15. The van der Waals surface area contributed by atoms with Gasteiger partial charge < -0.3 is 4.74 Å². The zero-order valence-electron chi connectivity index (χ0n) is 14.5. The van der Waals surface area contributed by atoms with E-state index in [4.69, 9.17) is 4.74 Å². The summed E-state index contributed by atoms with van der Waals surface area (Å²) in [5.74, 6) is 1.70. The fraction of sp³-hybridized carbons (Fsp3) is 0.200. The third-order valence-electron chi connectivity index (χ3n) is 4.36. The molecule has 0 aliphatic carbocycles. The number of benzene rings is 2. The molecule has 4 nitrogen and oxygen atoms in total. The van der Waals surface area contributed by atoms with Gasteiger partial charge in [0, 0.05) is 17.2 Å². The Labute approximate surface area is 150 Å². The van der Waals surface area contributed by atoms with Gasteiger partial charge in [-0.1, -0.05) is 41.6 Å². The number of hydrogen-bond acceptors (Lipinski definition) is 4. The van der Waals surface area contributed by atoms with Crippen LogP contribution in [0.5, 0.6) is 5.75 Å². The van der Waals surface area contributed by atoms with Crippen molar-refractivity contribution in [2.75, 3.05) is 7.11 Å². The maximum absolute atomic E-state index is 5.41. The van der Waals surface area contributed by atoms with E-state index in [0.717, 1.165) is 27.8 Å². The Bertz CT molecular complexity index is 1050. The first-order chi connectivity index (χ1) is 12.2. The summed E-state index contributed by atoms with van der Waals surface area (Å²) in [5.41, 5.74) is 5.68. The van der Waals surface area contributed by atoms with Crippen LogP contribution in [-0.4, -0.2) is 21.7 Å². The van der Waals surface area contributed by atoms with Gasteiger partial charge in [-0.25, -0.2) is 0 Å². The number of aromatic nitrogens is 3. The average Bonchev–Trinajstić information content (AvgIpc) is 3.04. The van der Waals surface area contributed by atoms with Crippen LogP contribution in [-0.2, 0) is 5.75 Å². The predicted octanol–water partition coefficient (Wildman–Crippen LogP) is 4.80. The molecule has 0 atom stereocenters. The number of rotatable bonds is 4. The Morgan fingerprint density at radius 3 is 2.56 bits per heavy atom. The van der Waals surface area contributed by atoms with Gasteiger partial charge in [0.05, 0.1) is 12.6 Å². The van der Waals surface area contributed by atoms with Crippen molar-refractivity contribution in [1.29, 1.82) is 0 Å². The first-order valence-electron chi connectivity index (χ1n) is 8.16. The van der Waals surface area contributed by atoms with Crippen molar-refractivity contribution in [2.45, 2.75) is 24.8 Å². The van der Waals surface area contributed by atoms with Crippen molar-refractivity contribution in [2.24, 2.45) is 0 Å². The lowest BCUT2D eigenvalue weighted by Crippen LogP contribution is -1.94. The third kappa shape index (κ3) is 2.96. The average molecular weight is 349 g/mol. The Hall–Kier alpha value is -2.53. The molecule has 0 aliphatic heterocycles. The highest BCUT2D eigenvalue weighted by molar-refractivity contribution is 7.98. The number of fused-ring (bicyclic) bond motifs is 3. The minimum absolute atomic E-state index is 0.836. The van der Waals surface area contributed by atoms with Gasteiger partial charge in [0.15, 0.2) is 10.8 Å². The molecule has 25 heavy (non-hydrogen) atoms. The number of nitrogens with zero attached hydrogens (tertiary/aromatic N) is 3. The van der Waals surface area contributed by atoms with Crippen molar-refractivity contribution in [3.63, 3.8) is 0 Å². The molecular formula is C20H19N3OS. The van der Waals surface area contributed by atoms with Gasteiger partial charge in [0.2, 0.25) is 0 Å². The molecule has 0 amide bonds. The van der Waals surface area contributed by atoms with Crippen molar-refractivity contribution in [1.82, 2.24) is 14.6 Å². The Kier molecular flexibility index (Phi) is 4.09. The molecule has 0 saturated heterocycles. The topological polar surface area (TPSA) is 39.4 Å². The predicted molar refractivity (Wildman–Crippen MR) is 103 cm³/mol. The third-order valence-corrected chi connectivity index (χ3v) is 5.36. The van der Waals surface area contributed by atoms with E-state index in [2.05, 4.69) is 70.9 Å². The zero-order chi connectivity index (χ0) is 17.4. The Morgan fingerprint density at radius 2 is 1.80 bits per heavy atom. The summed E-state index contributed by atoms with van der Waals surface area (Å²) >= 11 is 1.70. The van der Waals surface area contributed by atoms with Gasteiger partial charge in [0.25, 0.3) is 0 Å². The van der Waals surface area contributed by atoms with Gasteiger partial charge in [-0.3, -0.25) is 4.40 Å². The molecule has 126 valence electrons. The van der Waals surface area contributed by atoms with Crippen molar-refractivity contribution in [3.05, 3.63) is 65.2 Å². The van der Waals surface area contributed by atoms with E-state index in [-0.39, 0.29) is 0 Å². The smallest absolute Gasteiger partial charge is 0.196 e. The standard InChI is InChI=1S/C20H19N3OS/c1-13-4-6-15(7-5-13)12-25-20-22-21-19-10-14(2)17-9-8-16(24-3)11-18(17)23(19)20/h4-11H,12H2,1-3H3. The van der Waals surface area contributed by atoms with Crippen LogP contribution in [0.15, 0.2) is 53.7 Å². The minimum Gasteiger partial charge on any atom is -0.497 e. The van der Waals surface area contributed by atoms with Gasteiger partial charge >= 0.3 is 0 Å². The van der Waals surface area contributed by atoms with Crippen LogP contribution in [0, 0.1) is 13.8 Å². The highest BCUT2D eigenvalue weighted by atomic mass is 32.2. The molecule has 2 heterocycles. The highest BCUT2D eigenvalue weighted by Crippen LogP contribution is 2.29. The van der Waals surface area contributed by atoms with Gasteiger partial charge in [-0.15, -0.1) is 10.2 Å². The van der Waals surface area contributed by atoms with E-state index in [1.807, 2.05) is 6.07 Å². The number of aryl methyl sites for hydroxylation is 2. The molecule has 2 aromatic heterocycles. The molecule has 4 aromatic rings. The number of thioether (sulfide) groups is 1. The first kappa shape index (κ1) is 16.0. The van der Waals surface area contributed by atoms with E-state index in [9.17, 15) is 0 Å². The molecule has 0 radical (unpaired) electrons. The second kappa shape index (κ2) is 6.41. The molecule has 2 aromatic carbocycles. The molecule has 0 unspecified atom stereocenters. The maximum atomic E-state index is 5.41. The van der Waals surface area contributed by atoms with Crippen LogP contribution < -0.4 is 4.74 Å². The van der Waals surface area contributed by atoms with Crippen LogP contribution in [0.2, 0.25) is 0 Å². The summed E-state index contributed by atoms with van der Waals surface area (Å²) < 4.78 is 7.52. The van der Waals surface area contributed by atoms with Crippen LogP contribution in [0.25, 0.3) is 16.6 Å². The number of hydrogen-bond donors (Lipinski definition) is 0. The molecule has 0 N–H and O–H groups in total. The lowest BCUT2D eigenvalue weighted by atomic mass is 10.1. The second-order valence-corrected chi connectivity index (χ2v) is 7.10. The summed E-state index contributed by atoms with van der Waals surface area (Å²) in [7, 11) is 1.69. The summed E-state index contributed by atoms with van der Waals surface area (Å²) in [6, 6.07) is 16.8.